The number of halogens is 1. The normalized spacial score (nSPS) is 12.2. The van der Waals surface area contributed by atoms with Crippen molar-refractivity contribution in [2.75, 3.05) is 0 Å². The number of benzene rings is 1. The molecule has 1 atom stereocenters. The van der Waals surface area contributed by atoms with Gasteiger partial charge in [-0.2, -0.15) is 5.26 Å². The lowest BCUT2D eigenvalue weighted by atomic mass is 9.93. The lowest BCUT2D eigenvalue weighted by molar-refractivity contribution is 0.695. The highest BCUT2D eigenvalue weighted by atomic mass is 35.5. The molecule has 1 aromatic rings. The Morgan fingerprint density at radius 3 is 2.53 bits per heavy atom. The fourth-order valence-electron chi connectivity index (χ4n) is 1.62. The fraction of sp³-hybridized carbons (Fsp3) is 0.462. The van der Waals surface area contributed by atoms with Crippen molar-refractivity contribution < 1.29 is 0 Å². The summed E-state index contributed by atoms with van der Waals surface area (Å²) in [5.41, 5.74) is 3.64. The van der Waals surface area contributed by atoms with Crippen LogP contribution in [0.2, 0.25) is 5.02 Å². The van der Waals surface area contributed by atoms with E-state index in [-0.39, 0.29) is 0 Å². The molecular weight excluding hydrogens is 206 g/mol. The molecule has 0 aliphatic carbocycles. The molecule has 0 saturated carbocycles. The van der Waals surface area contributed by atoms with E-state index in [9.17, 15) is 0 Å². The first-order valence-electron chi connectivity index (χ1n) is 5.20. The van der Waals surface area contributed by atoms with Gasteiger partial charge < -0.3 is 0 Å². The van der Waals surface area contributed by atoms with Gasteiger partial charge in [0, 0.05) is 11.4 Å². The summed E-state index contributed by atoms with van der Waals surface area (Å²) in [5.74, 6) is 0.358. The molecule has 80 valence electrons. The van der Waals surface area contributed by atoms with Gasteiger partial charge in [-0.3, -0.25) is 0 Å². The molecule has 0 radical (unpaired) electrons. The van der Waals surface area contributed by atoms with E-state index in [4.69, 9.17) is 16.9 Å². The second-order valence-electron chi connectivity index (χ2n) is 4.06. The first kappa shape index (κ1) is 12.1. The number of nitriles is 1. The van der Waals surface area contributed by atoms with Crippen LogP contribution < -0.4 is 0 Å². The third kappa shape index (κ3) is 2.97. The van der Waals surface area contributed by atoms with Crippen molar-refractivity contribution in [1.29, 1.82) is 5.26 Å². The molecule has 0 heterocycles. The van der Waals surface area contributed by atoms with Gasteiger partial charge in [-0.25, -0.2) is 0 Å². The van der Waals surface area contributed by atoms with Crippen molar-refractivity contribution in [2.24, 2.45) is 0 Å². The Bertz CT molecular complexity index is 390. The van der Waals surface area contributed by atoms with E-state index in [1.54, 1.807) is 0 Å². The summed E-state index contributed by atoms with van der Waals surface area (Å²) in [6.07, 6.45) is 1.46. The Labute approximate surface area is 96.7 Å². The Hall–Kier alpha value is -1.00. The summed E-state index contributed by atoms with van der Waals surface area (Å²) >= 11 is 6.19. The molecular formula is C13H16ClN. The Morgan fingerprint density at radius 1 is 1.33 bits per heavy atom. The number of rotatable bonds is 3. The average molecular weight is 222 g/mol. The minimum Gasteiger partial charge on any atom is -0.198 e. The van der Waals surface area contributed by atoms with Gasteiger partial charge in [0.05, 0.1) is 6.07 Å². The van der Waals surface area contributed by atoms with Crippen molar-refractivity contribution in [3.8, 4) is 6.07 Å². The maximum atomic E-state index is 8.55. The first-order chi connectivity index (χ1) is 7.06. The molecule has 0 N–H and O–H groups in total. The molecule has 0 bridgehead atoms. The van der Waals surface area contributed by atoms with Crippen LogP contribution in [0.15, 0.2) is 12.1 Å². The van der Waals surface area contributed by atoms with Crippen LogP contribution >= 0.6 is 11.6 Å². The summed E-state index contributed by atoms with van der Waals surface area (Å²) in [6.45, 7) is 6.27. The lowest BCUT2D eigenvalue weighted by Crippen LogP contribution is -1.96. The molecule has 0 saturated heterocycles. The van der Waals surface area contributed by atoms with Crippen molar-refractivity contribution >= 4 is 11.6 Å². The molecule has 1 nitrogen and oxygen atoms in total. The summed E-state index contributed by atoms with van der Waals surface area (Å²) in [4.78, 5) is 0. The number of aryl methyl sites for hydroxylation is 2. The van der Waals surface area contributed by atoms with Crippen molar-refractivity contribution in [1.82, 2.24) is 0 Å². The minimum absolute atomic E-state index is 0.358. The van der Waals surface area contributed by atoms with E-state index in [1.807, 2.05) is 6.07 Å². The predicted octanol–water partition coefficient (Wildman–Crippen LogP) is 4.36. The topological polar surface area (TPSA) is 23.8 Å². The number of hydrogen-bond acceptors (Lipinski definition) is 1. The summed E-state index contributed by atoms with van der Waals surface area (Å²) < 4.78 is 0. The van der Waals surface area contributed by atoms with Gasteiger partial charge in [-0.1, -0.05) is 24.6 Å². The summed E-state index contributed by atoms with van der Waals surface area (Å²) in [7, 11) is 0. The minimum atomic E-state index is 0.358. The maximum absolute atomic E-state index is 8.55. The van der Waals surface area contributed by atoms with Crippen LogP contribution in [0.4, 0.5) is 0 Å². The van der Waals surface area contributed by atoms with Crippen LogP contribution in [-0.4, -0.2) is 0 Å². The zero-order valence-electron chi connectivity index (χ0n) is 9.47. The maximum Gasteiger partial charge on any atom is 0.0621 e. The van der Waals surface area contributed by atoms with E-state index in [2.05, 4.69) is 32.9 Å². The first-order valence-corrected chi connectivity index (χ1v) is 5.57. The van der Waals surface area contributed by atoms with Gasteiger partial charge >= 0.3 is 0 Å². The van der Waals surface area contributed by atoms with Crippen LogP contribution in [-0.2, 0) is 0 Å². The van der Waals surface area contributed by atoms with Gasteiger partial charge in [-0.05, 0) is 48.9 Å². The van der Waals surface area contributed by atoms with Crippen molar-refractivity contribution in [3.05, 3.63) is 33.8 Å². The standard InChI is InChI=1S/C13H16ClN/c1-9(5-4-6-15)12-7-10(2)11(3)8-13(12)14/h7-9H,4-5H2,1-3H3. The molecule has 0 spiro atoms. The van der Waals surface area contributed by atoms with Crippen molar-refractivity contribution in [2.45, 2.75) is 39.5 Å². The monoisotopic (exact) mass is 221 g/mol. The van der Waals surface area contributed by atoms with E-state index < -0.39 is 0 Å². The molecule has 0 amide bonds. The van der Waals surface area contributed by atoms with Gasteiger partial charge in [0.1, 0.15) is 0 Å². The lowest BCUT2D eigenvalue weighted by Gasteiger charge is -2.14. The molecule has 15 heavy (non-hydrogen) atoms. The van der Waals surface area contributed by atoms with E-state index >= 15 is 0 Å². The van der Waals surface area contributed by atoms with Gasteiger partial charge in [0.15, 0.2) is 0 Å². The highest BCUT2D eigenvalue weighted by Gasteiger charge is 2.10. The number of nitrogens with zero attached hydrogens (tertiary/aromatic N) is 1. The molecule has 0 aliphatic rings. The smallest absolute Gasteiger partial charge is 0.0621 e. The zero-order chi connectivity index (χ0) is 11.4. The molecule has 1 aromatic carbocycles. The quantitative estimate of drug-likeness (QED) is 0.744. The molecule has 0 aliphatic heterocycles. The van der Waals surface area contributed by atoms with Crippen LogP contribution in [0.25, 0.3) is 0 Å². The largest absolute Gasteiger partial charge is 0.198 e. The SMILES string of the molecule is Cc1cc(Cl)c(C(C)CCC#N)cc1C. The molecule has 0 fully saturated rings. The second kappa shape index (κ2) is 5.19. The summed E-state index contributed by atoms with van der Waals surface area (Å²) in [6, 6.07) is 6.32. The van der Waals surface area contributed by atoms with Crippen LogP contribution in [0.1, 0.15) is 42.4 Å². The van der Waals surface area contributed by atoms with E-state index in [0.717, 1.165) is 17.0 Å². The Balaban J connectivity index is 2.94. The predicted molar refractivity (Wildman–Crippen MR) is 64.2 cm³/mol. The molecule has 0 aromatic heterocycles. The van der Waals surface area contributed by atoms with Gasteiger partial charge in [0.25, 0.3) is 0 Å². The van der Waals surface area contributed by atoms with E-state index in [1.165, 1.54) is 11.1 Å². The van der Waals surface area contributed by atoms with Gasteiger partial charge in [-0.15, -0.1) is 0 Å². The fourth-order valence-corrected chi connectivity index (χ4v) is 2.02. The summed E-state index contributed by atoms with van der Waals surface area (Å²) in [5, 5.41) is 9.37. The third-order valence-electron chi connectivity index (χ3n) is 2.83. The van der Waals surface area contributed by atoms with Crippen LogP contribution in [0.3, 0.4) is 0 Å². The van der Waals surface area contributed by atoms with E-state index in [0.29, 0.717) is 12.3 Å². The second-order valence-corrected chi connectivity index (χ2v) is 4.46. The number of hydrogen-bond donors (Lipinski definition) is 0. The van der Waals surface area contributed by atoms with Crippen molar-refractivity contribution in [3.63, 3.8) is 0 Å². The average Bonchev–Trinajstić information content (AvgIpc) is 2.20. The molecule has 1 unspecified atom stereocenters. The zero-order valence-corrected chi connectivity index (χ0v) is 10.2. The Morgan fingerprint density at radius 2 is 1.93 bits per heavy atom. The van der Waals surface area contributed by atoms with Gasteiger partial charge in [0.2, 0.25) is 0 Å². The van der Waals surface area contributed by atoms with Crippen LogP contribution in [0, 0.1) is 25.2 Å². The molecule has 1 rings (SSSR count). The molecule has 2 heteroatoms. The third-order valence-corrected chi connectivity index (χ3v) is 3.16. The highest BCUT2D eigenvalue weighted by Crippen LogP contribution is 2.30. The highest BCUT2D eigenvalue weighted by molar-refractivity contribution is 6.31. The Kier molecular flexibility index (Phi) is 4.17. The van der Waals surface area contributed by atoms with Crippen LogP contribution in [0.5, 0.6) is 0 Å².